The molecule has 1 aromatic carbocycles. The molecule has 0 aromatic heterocycles. The van der Waals surface area contributed by atoms with Crippen LogP contribution in [0.4, 0.5) is 14.5 Å². The van der Waals surface area contributed by atoms with E-state index >= 15 is 0 Å². The van der Waals surface area contributed by atoms with Crippen molar-refractivity contribution in [3.63, 3.8) is 0 Å². The second-order valence-electron chi connectivity index (χ2n) is 13.6. The number of anilines is 1. The lowest BCUT2D eigenvalue weighted by molar-refractivity contribution is -0.133. The highest BCUT2D eigenvalue weighted by atomic mass is 19.3. The van der Waals surface area contributed by atoms with Crippen LogP contribution in [0, 0.1) is 11.3 Å². The van der Waals surface area contributed by atoms with Crippen LogP contribution >= 0.6 is 0 Å². The molecule has 2 amide bonds. The van der Waals surface area contributed by atoms with E-state index in [2.05, 4.69) is 26.2 Å². The van der Waals surface area contributed by atoms with Gasteiger partial charge in [-0.15, -0.1) is 0 Å². The fourth-order valence-electron chi connectivity index (χ4n) is 7.93. The monoisotopic (exact) mass is 656 g/mol. The Morgan fingerprint density at radius 2 is 1.77 bits per heavy atom. The number of aryl methyl sites for hydroxylation is 1. The summed E-state index contributed by atoms with van der Waals surface area (Å²) >= 11 is 0. The number of likely N-dealkylation sites (tertiary alicyclic amines) is 1. The first-order valence-electron chi connectivity index (χ1n) is 17.5. The molecule has 1 aromatic rings. The quantitative estimate of drug-likeness (QED) is 0.219. The number of piperidine rings is 2. The molecular formula is C35H54F2N8O2. The molecule has 47 heavy (non-hydrogen) atoms. The van der Waals surface area contributed by atoms with E-state index < -0.39 is 12.3 Å². The van der Waals surface area contributed by atoms with E-state index in [0.717, 1.165) is 87.2 Å². The average molecular weight is 657 g/mol. The van der Waals surface area contributed by atoms with Crippen molar-refractivity contribution in [3.05, 3.63) is 40.1 Å². The lowest BCUT2D eigenvalue weighted by Gasteiger charge is -2.44. The maximum atomic E-state index is 14.5. The van der Waals surface area contributed by atoms with Gasteiger partial charge >= 0.3 is 0 Å². The average Bonchev–Trinajstić information content (AvgIpc) is 3.08. The summed E-state index contributed by atoms with van der Waals surface area (Å²) in [6.45, 7) is 7.25. The van der Waals surface area contributed by atoms with Crippen LogP contribution in [-0.2, 0) is 16.0 Å². The lowest BCUT2D eigenvalue weighted by atomic mass is 9.88. The highest BCUT2D eigenvalue weighted by Crippen LogP contribution is 2.39. The van der Waals surface area contributed by atoms with Gasteiger partial charge in [-0.2, -0.15) is 0 Å². The normalized spacial score (nSPS) is 21.1. The van der Waals surface area contributed by atoms with Crippen LogP contribution in [0.1, 0.15) is 80.9 Å². The minimum absolute atomic E-state index is 0.0165. The fraction of sp³-hybridized carbons (Fsp3) is 0.686. The Balaban J connectivity index is 1.38. The summed E-state index contributed by atoms with van der Waals surface area (Å²) in [7, 11) is 3.66. The minimum atomic E-state index is -2.66. The van der Waals surface area contributed by atoms with Gasteiger partial charge in [0.1, 0.15) is 6.17 Å². The third-order valence-electron chi connectivity index (χ3n) is 10.6. The van der Waals surface area contributed by atoms with Crippen molar-refractivity contribution in [2.24, 2.45) is 5.92 Å². The van der Waals surface area contributed by atoms with Crippen LogP contribution in [0.25, 0.3) is 0 Å². The predicted octanol–water partition coefficient (Wildman–Crippen LogP) is 3.35. The van der Waals surface area contributed by atoms with Crippen LogP contribution in [0.3, 0.4) is 0 Å². The third-order valence-corrected chi connectivity index (χ3v) is 10.6. The molecule has 2 unspecified atom stereocenters. The van der Waals surface area contributed by atoms with E-state index in [1.165, 1.54) is 6.21 Å². The Labute approximate surface area is 278 Å². The number of carbonyl (C=O) groups excluding carboxylic acids is 2. The number of likely N-dealkylation sites (N-methyl/N-ethyl adjacent to an activating group) is 2. The van der Waals surface area contributed by atoms with Gasteiger partial charge in [-0.1, -0.05) is 6.07 Å². The number of fused-ring (bicyclic) bond motifs is 1. The van der Waals surface area contributed by atoms with Crippen molar-refractivity contribution in [1.29, 1.82) is 5.41 Å². The minimum Gasteiger partial charge on any atom is -0.385 e. The first-order chi connectivity index (χ1) is 22.7. The number of halogens is 2. The maximum Gasteiger partial charge on any atom is 0.264 e. The zero-order valence-corrected chi connectivity index (χ0v) is 28.3. The Hall–Kier alpha value is -3.09. The predicted molar refractivity (Wildman–Crippen MR) is 182 cm³/mol. The molecule has 2 fully saturated rings. The molecule has 5 rings (SSSR count). The molecule has 0 radical (unpaired) electrons. The molecule has 2 atom stereocenters. The molecule has 0 aliphatic carbocycles. The van der Waals surface area contributed by atoms with Crippen LogP contribution in [0.5, 0.6) is 0 Å². The van der Waals surface area contributed by atoms with Gasteiger partial charge in [0.05, 0.1) is 0 Å². The van der Waals surface area contributed by atoms with Gasteiger partial charge < -0.3 is 36.1 Å². The zero-order chi connectivity index (χ0) is 33.5. The summed E-state index contributed by atoms with van der Waals surface area (Å²) in [5.74, 6) is 0.333. The van der Waals surface area contributed by atoms with Crippen LogP contribution in [0.2, 0.25) is 0 Å². The van der Waals surface area contributed by atoms with Gasteiger partial charge in [-0.3, -0.25) is 14.9 Å². The van der Waals surface area contributed by atoms with Crippen LogP contribution in [-0.4, -0.2) is 106 Å². The molecule has 260 valence electrons. The van der Waals surface area contributed by atoms with Gasteiger partial charge in [0, 0.05) is 99.7 Å². The number of rotatable bonds is 12. The molecule has 4 heterocycles. The number of nitrogens with one attached hydrogen (secondary N) is 5. The van der Waals surface area contributed by atoms with E-state index in [1.54, 1.807) is 20.0 Å². The second kappa shape index (κ2) is 16.3. The van der Waals surface area contributed by atoms with Gasteiger partial charge in [-0.05, 0) is 88.8 Å². The Kier molecular flexibility index (Phi) is 12.2. The van der Waals surface area contributed by atoms with E-state index in [0.29, 0.717) is 50.5 Å². The van der Waals surface area contributed by atoms with Crippen molar-refractivity contribution in [2.75, 3.05) is 71.4 Å². The standard InChI is InChI=1S/C35H54F2N8O2/c1-23(46)44-16-10-31(42-27-8-14-43(15-9-27)33(47)17-24-6-11-41-12-7-24)30(22-44)35(40-3)45-13-4-5-25-18-28(26(20-38)21-39-2)29(34(36)37)19-32(25)45/h18-20,24,26-27,34-35,38-42H,4-17,21-22H2,1-3H3. The third kappa shape index (κ3) is 8.32. The first kappa shape index (κ1) is 35.2. The summed E-state index contributed by atoms with van der Waals surface area (Å²) in [6.07, 6.45) is 5.13. The van der Waals surface area contributed by atoms with E-state index in [1.807, 2.05) is 22.9 Å². The number of alkyl halides is 2. The van der Waals surface area contributed by atoms with Crippen molar-refractivity contribution in [2.45, 2.75) is 82.8 Å². The number of benzene rings is 1. The molecular weight excluding hydrogens is 602 g/mol. The molecule has 2 saturated heterocycles. The second-order valence-corrected chi connectivity index (χ2v) is 13.6. The smallest absolute Gasteiger partial charge is 0.264 e. The lowest BCUT2D eigenvalue weighted by Crippen LogP contribution is -2.54. The molecule has 4 aliphatic rings. The van der Waals surface area contributed by atoms with Crippen molar-refractivity contribution < 1.29 is 18.4 Å². The molecule has 0 spiro atoms. The molecule has 12 heteroatoms. The Morgan fingerprint density at radius 1 is 1.02 bits per heavy atom. The summed E-state index contributed by atoms with van der Waals surface area (Å²) in [5.41, 5.74) is 4.44. The maximum absolute atomic E-state index is 14.5. The van der Waals surface area contributed by atoms with Gasteiger partial charge in [0.2, 0.25) is 11.8 Å². The zero-order valence-electron chi connectivity index (χ0n) is 28.3. The summed E-state index contributed by atoms with van der Waals surface area (Å²) in [6, 6.07) is 3.75. The van der Waals surface area contributed by atoms with Crippen molar-refractivity contribution in [1.82, 2.24) is 31.1 Å². The topological polar surface area (TPSA) is 116 Å². The van der Waals surface area contributed by atoms with Crippen LogP contribution in [0.15, 0.2) is 23.4 Å². The van der Waals surface area contributed by atoms with E-state index in [-0.39, 0.29) is 29.6 Å². The highest BCUT2D eigenvalue weighted by molar-refractivity contribution is 5.76. The molecule has 0 saturated carbocycles. The van der Waals surface area contributed by atoms with Crippen molar-refractivity contribution >= 4 is 23.7 Å². The summed E-state index contributed by atoms with van der Waals surface area (Å²) < 4.78 is 29.1. The number of hydrogen-bond acceptors (Lipinski definition) is 8. The summed E-state index contributed by atoms with van der Waals surface area (Å²) in [5, 5.41) is 21.7. The fourth-order valence-corrected chi connectivity index (χ4v) is 7.93. The first-order valence-corrected chi connectivity index (χ1v) is 17.5. The molecule has 10 nitrogen and oxygen atoms in total. The number of hydrogen-bond donors (Lipinski definition) is 5. The van der Waals surface area contributed by atoms with Gasteiger partial charge in [0.15, 0.2) is 0 Å². The van der Waals surface area contributed by atoms with Gasteiger partial charge in [-0.25, -0.2) is 8.78 Å². The SMILES string of the molecule is CNCC(C=N)c1cc2c(cc1C(F)F)N(C(NC)C1=C(NC3CCN(C(=O)CC4CCNCC4)CC3)CCN(C(C)=O)C1)CCC2. The number of nitrogens with zero attached hydrogens (tertiary/aromatic N) is 3. The van der Waals surface area contributed by atoms with E-state index in [4.69, 9.17) is 5.41 Å². The molecule has 0 bridgehead atoms. The van der Waals surface area contributed by atoms with Gasteiger partial charge in [0.25, 0.3) is 6.43 Å². The Bertz CT molecular complexity index is 1290. The largest absolute Gasteiger partial charge is 0.385 e. The van der Waals surface area contributed by atoms with E-state index in [9.17, 15) is 18.4 Å². The summed E-state index contributed by atoms with van der Waals surface area (Å²) in [4.78, 5) is 31.7. The van der Waals surface area contributed by atoms with Crippen molar-refractivity contribution in [3.8, 4) is 0 Å². The molecule has 4 aliphatic heterocycles. The highest BCUT2D eigenvalue weighted by Gasteiger charge is 2.35. The number of carbonyl (C=O) groups is 2. The molecule has 5 N–H and O–H groups in total. The Morgan fingerprint density at radius 3 is 2.40 bits per heavy atom. The van der Waals surface area contributed by atoms with Crippen LogP contribution < -0.4 is 26.2 Å². The number of amides is 2.